The predicted octanol–water partition coefficient (Wildman–Crippen LogP) is 5.50. The molecule has 0 amide bonds. The van der Waals surface area contributed by atoms with Crippen LogP contribution in [0.15, 0.2) is 83.9 Å². The molecule has 1 heterocycles. The first-order valence-electron chi connectivity index (χ1n) is 7.75. The molecular formula is C21H14N2. The van der Waals surface area contributed by atoms with Crippen molar-refractivity contribution in [1.29, 1.82) is 0 Å². The van der Waals surface area contributed by atoms with Crippen LogP contribution >= 0.6 is 0 Å². The van der Waals surface area contributed by atoms with Crippen LogP contribution in [-0.4, -0.2) is 5.84 Å². The van der Waals surface area contributed by atoms with Crippen molar-refractivity contribution >= 4 is 38.8 Å². The maximum Gasteiger partial charge on any atom is 0.139 e. The molecule has 0 aromatic heterocycles. The Morgan fingerprint density at radius 1 is 0.652 bits per heavy atom. The van der Waals surface area contributed by atoms with Gasteiger partial charge in [0, 0.05) is 16.6 Å². The van der Waals surface area contributed by atoms with Crippen molar-refractivity contribution in [3.8, 4) is 0 Å². The summed E-state index contributed by atoms with van der Waals surface area (Å²) in [6, 6.07) is 27.4. The molecule has 1 aliphatic rings. The van der Waals surface area contributed by atoms with Crippen LogP contribution in [0.25, 0.3) is 21.5 Å². The fourth-order valence-corrected chi connectivity index (χ4v) is 3.29. The van der Waals surface area contributed by atoms with Gasteiger partial charge in [0.2, 0.25) is 0 Å². The zero-order valence-corrected chi connectivity index (χ0v) is 12.5. The largest absolute Gasteiger partial charge is 0.340 e. The molecule has 0 unspecified atom stereocenters. The number of amidine groups is 1. The molecule has 2 nitrogen and oxygen atoms in total. The van der Waals surface area contributed by atoms with E-state index in [1.807, 2.05) is 0 Å². The lowest BCUT2D eigenvalue weighted by Crippen LogP contribution is -2.11. The third-order valence-corrected chi connectivity index (χ3v) is 4.38. The van der Waals surface area contributed by atoms with Crippen LogP contribution in [0.5, 0.6) is 0 Å². The van der Waals surface area contributed by atoms with Crippen LogP contribution in [0, 0.1) is 0 Å². The Morgan fingerprint density at radius 3 is 2.35 bits per heavy atom. The number of benzene rings is 4. The van der Waals surface area contributed by atoms with Gasteiger partial charge in [-0.1, -0.05) is 60.7 Å². The second-order valence-electron chi connectivity index (χ2n) is 5.83. The van der Waals surface area contributed by atoms with Crippen molar-refractivity contribution < 1.29 is 0 Å². The number of hydrogen-bond acceptors (Lipinski definition) is 2. The maximum atomic E-state index is 4.78. The zero-order chi connectivity index (χ0) is 15.2. The molecule has 2 heteroatoms. The predicted molar refractivity (Wildman–Crippen MR) is 97.7 cm³/mol. The summed E-state index contributed by atoms with van der Waals surface area (Å²) in [6.07, 6.45) is 0. The highest BCUT2D eigenvalue weighted by Gasteiger charge is 2.17. The second-order valence-corrected chi connectivity index (χ2v) is 5.83. The van der Waals surface area contributed by atoms with Crippen LogP contribution in [0.4, 0.5) is 11.4 Å². The highest BCUT2D eigenvalue weighted by molar-refractivity contribution is 6.23. The Morgan fingerprint density at radius 2 is 1.43 bits per heavy atom. The molecule has 0 saturated carbocycles. The van der Waals surface area contributed by atoms with Crippen molar-refractivity contribution in [2.24, 2.45) is 4.99 Å². The summed E-state index contributed by atoms with van der Waals surface area (Å²) < 4.78 is 0. The summed E-state index contributed by atoms with van der Waals surface area (Å²) in [7, 11) is 0. The quantitative estimate of drug-likeness (QED) is 0.492. The van der Waals surface area contributed by atoms with Gasteiger partial charge in [0.25, 0.3) is 0 Å². The van der Waals surface area contributed by atoms with E-state index >= 15 is 0 Å². The molecule has 108 valence electrons. The van der Waals surface area contributed by atoms with Crippen molar-refractivity contribution in [2.45, 2.75) is 0 Å². The number of anilines is 1. The highest BCUT2D eigenvalue weighted by atomic mass is 15.0. The summed E-state index contributed by atoms with van der Waals surface area (Å²) in [5, 5.41) is 8.44. The van der Waals surface area contributed by atoms with E-state index in [1.54, 1.807) is 0 Å². The first-order valence-corrected chi connectivity index (χ1v) is 7.75. The van der Waals surface area contributed by atoms with Gasteiger partial charge in [0.15, 0.2) is 0 Å². The van der Waals surface area contributed by atoms with Gasteiger partial charge in [0.05, 0.1) is 5.69 Å². The van der Waals surface area contributed by atoms with Crippen molar-refractivity contribution in [3.63, 3.8) is 0 Å². The SMILES string of the molecule is c1ccc2cc(NC3=Nc4cccc5cccc3c45)ccc2c1. The molecule has 0 radical (unpaired) electrons. The Hall–Kier alpha value is -3.13. The van der Waals surface area contributed by atoms with E-state index in [4.69, 9.17) is 4.99 Å². The van der Waals surface area contributed by atoms with E-state index in [-0.39, 0.29) is 0 Å². The number of nitrogens with one attached hydrogen (secondary N) is 1. The lowest BCUT2D eigenvalue weighted by atomic mass is 10.0. The van der Waals surface area contributed by atoms with E-state index in [1.165, 1.54) is 27.1 Å². The molecule has 4 aromatic carbocycles. The van der Waals surface area contributed by atoms with Gasteiger partial charge in [-0.05, 0) is 34.4 Å². The monoisotopic (exact) mass is 294 g/mol. The smallest absolute Gasteiger partial charge is 0.139 e. The summed E-state index contributed by atoms with van der Waals surface area (Å²) in [4.78, 5) is 4.78. The molecule has 0 aliphatic carbocycles. The van der Waals surface area contributed by atoms with Gasteiger partial charge >= 0.3 is 0 Å². The van der Waals surface area contributed by atoms with Crippen LogP contribution in [0.3, 0.4) is 0 Å². The van der Waals surface area contributed by atoms with Crippen molar-refractivity contribution in [3.05, 3.63) is 84.4 Å². The third-order valence-electron chi connectivity index (χ3n) is 4.38. The van der Waals surface area contributed by atoms with Crippen LogP contribution in [0.2, 0.25) is 0 Å². The summed E-state index contributed by atoms with van der Waals surface area (Å²) in [5.41, 5.74) is 3.28. The highest BCUT2D eigenvalue weighted by Crippen LogP contribution is 2.35. The normalized spacial score (nSPS) is 12.6. The first-order chi connectivity index (χ1) is 11.4. The molecule has 1 aliphatic heterocycles. The summed E-state index contributed by atoms with van der Waals surface area (Å²) in [5.74, 6) is 0.923. The molecule has 0 fully saturated rings. The maximum absolute atomic E-state index is 4.78. The molecule has 23 heavy (non-hydrogen) atoms. The molecular weight excluding hydrogens is 280 g/mol. The van der Waals surface area contributed by atoms with E-state index in [0.29, 0.717) is 0 Å². The van der Waals surface area contributed by atoms with Crippen molar-refractivity contribution in [1.82, 2.24) is 0 Å². The third kappa shape index (κ3) is 1.92. The number of fused-ring (bicyclic) bond motifs is 1. The Bertz CT molecular complexity index is 1090. The Kier molecular flexibility index (Phi) is 2.53. The lowest BCUT2D eigenvalue weighted by Gasteiger charge is -2.08. The van der Waals surface area contributed by atoms with Gasteiger partial charge in [-0.2, -0.15) is 0 Å². The number of nitrogens with zero attached hydrogens (tertiary/aromatic N) is 1. The number of rotatable bonds is 1. The fourth-order valence-electron chi connectivity index (χ4n) is 3.29. The van der Waals surface area contributed by atoms with Gasteiger partial charge in [-0.25, -0.2) is 4.99 Å². The molecule has 0 atom stereocenters. The minimum atomic E-state index is 0.923. The van der Waals surface area contributed by atoms with E-state index in [2.05, 4.69) is 84.2 Å². The lowest BCUT2D eigenvalue weighted by molar-refractivity contribution is 1.56. The summed E-state index contributed by atoms with van der Waals surface area (Å²) >= 11 is 0. The van der Waals surface area contributed by atoms with E-state index < -0.39 is 0 Å². The number of hydrogen-bond donors (Lipinski definition) is 1. The van der Waals surface area contributed by atoms with Gasteiger partial charge in [-0.3, -0.25) is 0 Å². The average Bonchev–Trinajstić information content (AvgIpc) is 2.95. The van der Waals surface area contributed by atoms with Crippen molar-refractivity contribution in [2.75, 3.05) is 5.32 Å². The van der Waals surface area contributed by atoms with Crippen LogP contribution in [-0.2, 0) is 0 Å². The molecule has 4 aromatic rings. The van der Waals surface area contributed by atoms with Gasteiger partial charge < -0.3 is 5.32 Å². The average molecular weight is 294 g/mol. The molecule has 5 rings (SSSR count). The standard InChI is InChI=1S/C21H14N2/c1-2-6-16-13-17(12-11-14(16)5-1)22-21-18-9-3-7-15-8-4-10-19(23-21)20(15)18/h1-13H,(H,22,23). The molecule has 0 saturated heterocycles. The summed E-state index contributed by atoms with van der Waals surface area (Å²) in [6.45, 7) is 0. The molecule has 0 spiro atoms. The Labute approximate surface area is 134 Å². The van der Waals surface area contributed by atoms with Crippen LogP contribution in [0.1, 0.15) is 5.56 Å². The minimum absolute atomic E-state index is 0.923. The molecule has 0 bridgehead atoms. The topological polar surface area (TPSA) is 24.4 Å². The zero-order valence-electron chi connectivity index (χ0n) is 12.5. The van der Waals surface area contributed by atoms with Gasteiger partial charge in [-0.15, -0.1) is 0 Å². The van der Waals surface area contributed by atoms with Crippen LogP contribution < -0.4 is 5.32 Å². The molecule has 1 N–H and O–H groups in total. The first kappa shape index (κ1) is 12.4. The fraction of sp³-hybridized carbons (Fsp3) is 0. The minimum Gasteiger partial charge on any atom is -0.340 e. The van der Waals surface area contributed by atoms with Gasteiger partial charge in [0.1, 0.15) is 5.84 Å². The van der Waals surface area contributed by atoms with E-state index in [0.717, 1.165) is 17.2 Å². The second kappa shape index (κ2) is 4.68. The van der Waals surface area contributed by atoms with E-state index in [9.17, 15) is 0 Å². The number of aliphatic imine (C=N–C) groups is 1. The Balaban J connectivity index is 1.60.